The summed E-state index contributed by atoms with van der Waals surface area (Å²) >= 11 is 0. The molecule has 1 saturated heterocycles. The quantitative estimate of drug-likeness (QED) is 0.0963. The van der Waals surface area contributed by atoms with Crippen molar-refractivity contribution in [1.82, 2.24) is 10.0 Å². The molecule has 14 nitrogen and oxygen atoms in total. The average molecular weight is 546 g/mol. The molecular formula is C26H18N4O10. The Bertz CT molecular complexity index is 1520. The highest BCUT2D eigenvalue weighted by atomic mass is 16.6. The Hall–Kier alpha value is -5.79. The van der Waals surface area contributed by atoms with Crippen molar-refractivity contribution < 1.29 is 38.6 Å². The molecule has 4 rings (SSSR count). The Kier molecular flexibility index (Phi) is 7.70. The first-order valence-electron chi connectivity index (χ1n) is 11.6. The number of Topliss-reactive ketones (excluding diaryl/α,β-unsaturated/α-hetero) is 1. The molecule has 0 unspecified atom stereocenters. The summed E-state index contributed by atoms with van der Waals surface area (Å²) in [5.74, 6) is -3.64. The molecule has 14 heteroatoms. The van der Waals surface area contributed by atoms with Gasteiger partial charge in [0, 0.05) is 48.2 Å². The van der Waals surface area contributed by atoms with E-state index < -0.39 is 45.9 Å². The van der Waals surface area contributed by atoms with Crippen molar-refractivity contribution >= 4 is 40.8 Å². The second-order valence-corrected chi connectivity index (χ2v) is 8.41. The fourth-order valence-corrected chi connectivity index (χ4v) is 3.76. The molecular weight excluding hydrogens is 528 g/mol. The first-order chi connectivity index (χ1) is 19.0. The summed E-state index contributed by atoms with van der Waals surface area (Å²) in [6.07, 6.45) is -0.294. The Morgan fingerprint density at radius 2 is 1.18 bits per heavy atom. The Labute approximate surface area is 224 Å². The SMILES string of the molecule is O=C(CN(C(=O)c1ccc([N+](=O)[O-])cc1)N1C(=O)CCC1=O)c1ccc(OC(=O)c2ccc([N+](=O)[O-])cc2)cc1. The smallest absolute Gasteiger partial charge is 0.343 e. The maximum absolute atomic E-state index is 13.2. The third-order valence-electron chi connectivity index (χ3n) is 5.82. The predicted molar refractivity (Wildman–Crippen MR) is 134 cm³/mol. The fraction of sp³-hybridized carbons (Fsp3) is 0.115. The zero-order chi connectivity index (χ0) is 29.0. The molecule has 0 aromatic heterocycles. The van der Waals surface area contributed by atoms with Crippen LogP contribution < -0.4 is 4.74 Å². The molecule has 202 valence electrons. The summed E-state index contributed by atoms with van der Waals surface area (Å²) in [4.78, 5) is 83.7. The number of benzene rings is 3. The Balaban J connectivity index is 1.50. The minimum absolute atomic E-state index is 0.0589. The highest BCUT2D eigenvalue weighted by Crippen LogP contribution is 2.21. The lowest BCUT2D eigenvalue weighted by atomic mass is 10.1. The van der Waals surface area contributed by atoms with Gasteiger partial charge in [0.25, 0.3) is 17.3 Å². The third kappa shape index (κ3) is 5.85. The number of esters is 1. The molecule has 0 aliphatic carbocycles. The standard InChI is InChI=1S/C26H18N4O10/c31-22(16-5-11-21(12-6-16)40-26(35)18-3-9-20(10-4-18)30(38)39)15-27(28-23(32)13-14-24(28)33)25(34)17-1-7-19(8-2-17)29(36)37/h1-12H,13-15H2. The van der Waals surface area contributed by atoms with E-state index >= 15 is 0 Å². The normalized spacial score (nSPS) is 12.7. The van der Waals surface area contributed by atoms with Crippen LogP contribution in [0.15, 0.2) is 72.8 Å². The maximum Gasteiger partial charge on any atom is 0.343 e. The number of hydrogen-bond acceptors (Lipinski definition) is 10. The van der Waals surface area contributed by atoms with Gasteiger partial charge >= 0.3 is 5.97 Å². The molecule has 0 bridgehead atoms. The molecule has 1 aliphatic rings. The third-order valence-corrected chi connectivity index (χ3v) is 5.82. The van der Waals surface area contributed by atoms with Crippen LogP contribution in [-0.4, -0.2) is 55.9 Å². The van der Waals surface area contributed by atoms with E-state index in [1.165, 1.54) is 36.4 Å². The maximum atomic E-state index is 13.2. The minimum Gasteiger partial charge on any atom is -0.423 e. The number of ketones is 1. The Morgan fingerprint density at radius 1 is 0.725 bits per heavy atom. The van der Waals surface area contributed by atoms with Gasteiger partial charge in [0.05, 0.1) is 15.4 Å². The zero-order valence-corrected chi connectivity index (χ0v) is 20.4. The lowest BCUT2D eigenvalue weighted by Crippen LogP contribution is -2.51. The summed E-state index contributed by atoms with van der Waals surface area (Å²) in [6, 6.07) is 14.5. The molecule has 3 amide bonds. The number of nitrogens with zero attached hydrogens (tertiary/aromatic N) is 4. The molecule has 1 aliphatic heterocycles. The predicted octanol–water partition coefficient (Wildman–Crippen LogP) is 3.11. The van der Waals surface area contributed by atoms with Crippen molar-refractivity contribution in [3.05, 3.63) is 110 Å². The van der Waals surface area contributed by atoms with Gasteiger partial charge in [-0.05, 0) is 48.5 Å². The molecule has 1 fully saturated rings. The number of rotatable bonds is 9. The van der Waals surface area contributed by atoms with Gasteiger partial charge in [-0.1, -0.05) is 0 Å². The second kappa shape index (κ2) is 11.3. The molecule has 0 spiro atoms. The molecule has 40 heavy (non-hydrogen) atoms. The van der Waals surface area contributed by atoms with E-state index in [0.717, 1.165) is 36.4 Å². The van der Waals surface area contributed by atoms with Crippen LogP contribution in [0.3, 0.4) is 0 Å². The molecule has 0 atom stereocenters. The topological polar surface area (TPSA) is 187 Å². The van der Waals surface area contributed by atoms with E-state index in [9.17, 15) is 44.2 Å². The van der Waals surface area contributed by atoms with Crippen molar-refractivity contribution in [3.8, 4) is 5.75 Å². The summed E-state index contributed by atoms with van der Waals surface area (Å²) in [5, 5.41) is 23.0. The number of nitro groups is 2. The summed E-state index contributed by atoms with van der Waals surface area (Å²) < 4.78 is 5.22. The number of nitro benzene ring substituents is 2. The van der Waals surface area contributed by atoms with Crippen molar-refractivity contribution in [1.29, 1.82) is 0 Å². The van der Waals surface area contributed by atoms with Crippen LogP contribution in [0.1, 0.15) is 43.9 Å². The van der Waals surface area contributed by atoms with Gasteiger partial charge < -0.3 is 4.74 Å². The number of amides is 3. The number of hydrazine groups is 1. The second-order valence-electron chi connectivity index (χ2n) is 8.41. The Morgan fingerprint density at radius 3 is 1.65 bits per heavy atom. The van der Waals surface area contributed by atoms with E-state index in [2.05, 4.69) is 0 Å². The lowest BCUT2D eigenvalue weighted by molar-refractivity contribution is -0.385. The molecule has 3 aromatic carbocycles. The van der Waals surface area contributed by atoms with E-state index in [-0.39, 0.29) is 46.7 Å². The molecule has 0 N–H and O–H groups in total. The van der Waals surface area contributed by atoms with Gasteiger partial charge in [0.2, 0.25) is 11.8 Å². The van der Waals surface area contributed by atoms with Crippen molar-refractivity contribution in [2.45, 2.75) is 12.8 Å². The largest absolute Gasteiger partial charge is 0.423 e. The van der Waals surface area contributed by atoms with Gasteiger partial charge in [-0.15, -0.1) is 0 Å². The van der Waals surface area contributed by atoms with E-state index in [1.54, 1.807) is 0 Å². The average Bonchev–Trinajstić information content (AvgIpc) is 3.28. The monoisotopic (exact) mass is 546 g/mol. The summed E-state index contributed by atoms with van der Waals surface area (Å²) in [7, 11) is 0. The lowest BCUT2D eigenvalue weighted by Gasteiger charge is -2.29. The highest BCUT2D eigenvalue weighted by Gasteiger charge is 2.38. The summed E-state index contributed by atoms with van der Waals surface area (Å²) in [5.41, 5.74) is -0.430. The van der Waals surface area contributed by atoms with Gasteiger partial charge in [0.1, 0.15) is 12.3 Å². The number of imide groups is 1. The van der Waals surface area contributed by atoms with Crippen LogP contribution in [0.2, 0.25) is 0 Å². The van der Waals surface area contributed by atoms with E-state index in [0.29, 0.717) is 10.0 Å². The van der Waals surface area contributed by atoms with Crippen molar-refractivity contribution in [2.75, 3.05) is 6.54 Å². The molecule has 0 saturated carbocycles. The molecule has 0 radical (unpaired) electrons. The number of ether oxygens (including phenoxy) is 1. The van der Waals surface area contributed by atoms with Crippen LogP contribution >= 0.6 is 0 Å². The van der Waals surface area contributed by atoms with Gasteiger partial charge in [-0.3, -0.25) is 39.4 Å². The van der Waals surface area contributed by atoms with Crippen LogP contribution in [0.4, 0.5) is 11.4 Å². The first kappa shape index (κ1) is 27.3. The molecule has 3 aromatic rings. The minimum atomic E-state index is -0.888. The highest BCUT2D eigenvalue weighted by molar-refractivity contribution is 6.08. The number of hydrogen-bond donors (Lipinski definition) is 0. The van der Waals surface area contributed by atoms with Crippen LogP contribution in [0.25, 0.3) is 0 Å². The van der Waals surface area contributed by atoms with Crippen LogP contribution in [-0.2, 0) is 9.59 Å². The zero-order valence-electron chi connectivity index (χ0n) is 20.4. The first-order valence-corrected chi connectivity index (χ1v) is 11.6. The van der Waals surface area contributed by atoms with E-state index in [1.807, 2.05) is 0 Å². The van der Waals surface area contributed by atoms with Crippen LogP contribution in [0, 0.1) is 20.2 Å². The van der Waals surface area contributed by atoms with Gasteiger partial charge in [-0.2, -0.15) is 5.01 Å². The number of carbonyl (C=O) groups excluding carboxylic acids is 5. The van der Waals surface area contributed by atoms with Crippen molar-refractivity contribution in [3.63, 3.8) is 0 Å². The van der Waals surface area contributed by atoms with Crippen LogP contribution in [0.5, 0.6) is 5.75 Å². The number of carbonyl (C=O) groups is 5. The summed E-state index contributed by atoms with van der Waals surface area (Å²) in [6.45, 7) is -0.699. The number of non-ortho nitro benzene ring substituents is 2. The van der Waals surface area contributed by atoms with Crippen molar-refractivity contribution in [2.24, 2.45) is 0 Å². The fourth-order valence-electron chi connectivity index (χ4n) is 3.76. The van der Waals surface area contributed by atoms with Gasteiger partial charge in [-0.25, -0.2) is 9.80 Å². The van der Waals surface area contributed by atoms with E-state index in [4.69, 9.17) is 4.74 Å². The molecule has 1 heterocycles. The van der Waals surface area contributed by atoms with Gasteiger partial charge in [0.15, 0.2) is 5.78 Å².